The maximum atomic E-state index is 10.2. The van der Waals surface area contributed by atoms with Gasteiger partial charge >= 0.3 is 0 Å². The number of rotatable bonds is 4. The molecule has 9 atom stereocenters. The van der Waals surface area contributed by atoms with E-state index in [1.54, 1.807) is 5.57 Å². The Labute approximate surface area is 179 Å². The third-order valence-corrected chi connectivity index (χ3v) is 10.3. The van der Waals surface area contributed by atoms with Crippen molar-refractivity contribution in [1.82, 2.24) is 0 Å². The van der Waals surface area contributed by atoms with Gasteiger partial charge in [-0.15, -0.1) is 0 Å². The molecule has 4 aliphatic carbocycles. The first-order valence-electron chi connectivity index (χ1n) is 12.4. The largest absolute Gasteiger partial charge is 0.393 e. The van der Waals surface area contributed by atoms with Crippen LogP contribution in [-0.2, 0) is 0 Å². The van der Waals surface area contributed by atoms with Crippen LogP contribution < -0.4 is 0 Å². The standard InChI is InChI=1S/C28H44O/c1-18(2)19(3)7-8-20(4)24-11-12-25-23-10-9-21-17-22(29)13-15-27(21,5)26(23)14-16-28(24,25)6/h7-9,19-20,22-26,29H,1,10-17H2,2-6H3/b8-7+/t19-,20+,22-,23-,24+,25-,26-,27-,28+/m0/s1. The maximum absolute atomic E-state index is 10.2. The normalized spacial score (nSPS) is 46.4. The molecule has 29 heavy (non-hydrogen) atoms. The lowest BCUT2D eigenvalue weighted by atomic mass is 9.47. The van der Waals surface area contributed by atoms with Crippen molar-refractivity contribution in [2.45, 2.75) is 92.1 Å². The highest BCUT2D eigenvalue weighted by atomic mass is 16.3. The molecular weight excluding hydrogens is 352 g/mol. The number of allylic oxidation sites excluding steroid dienone is 4. The molecule has 0 aromatic heterocycles. The van der Waals surface area contributed by atoms with Crippen LogP contribution in [0.1, 0.15) is 86.0 Å². The smallest absolute Gasteiger partial charge is 0.0577 e. The van der Waals surface area contributed by atoms with Crippen LogP contribution in [0, 0.1) is 46.3 Å². The van der Waals surface area contributed by atoms with Gasteiger partial charge in [0.05, 0.1) is 6.10 Å². The molecule has 1 nitrogen and oxygen atoms in total. The number of hydrogen-bond donors (Lipinski definition) is 1. The van der Waals surface area contributed by atoms with Crippen molar-refractivity contribution in [3.05, 3.63) is 36.0 Å². The van der Waals surface area contributed by atoms with Crippen molar-refractivity contribution in [3.63, 3.8) is 0 Å². The van der Waals surface area contributed by atoms with Gasteiger partial charge in [0.2, 0.25) is 0 Å². The molecule has 0 amide bonds. The zero-order valence-corrected chi connectivity index (χ0v) is 19.6. The lowest BCUT2D eigenvalue weighted by Gasteiger charge is -2.58. The second-order valence-corrected chi connectivity index (χ2v) is 11.8. The van der Waals surface area contributed by atoms with Gasteiger partial charge in [-0.05, 0) is 105 Å². The molecule has 0 unspecified atom stereocenters. The number of hydrogen-bond acceptors (Lipinski definition) is 1. The molecule has 1 N–H and O–H groups in total. The molecule has 1 heteroatoms. The van der Waals surface area contributed by atoms with Crippen molar-refractivity contribution in [3.8, 4) is 0 Å². The molecule has 162 valence electrons. The Kier molecular flexibility index (Phi) is 5.69. The molecule has 3 fully saturated rings. The van der Waals surface area contributed by atoms with Crippen LogP contribution >= 0.6 is 0 Å². The lowest BCUT2D eigenvalue weighted by Crippen LogP contribution is -2.50. The molecule has 0 aromatic rings. The van der Waals surface area contributed by atoms with Gasteiger partial charge in [0.1, 0.15) is 0 Å². The van der Waals surface area contributed by atoms with E-state index in [0.717, 1.165) is 36.5 Å². The Morgan fingerprint density at radius 3 is 2.59 bits per heavy atom. The summed E-state index contributed by atoms with van der Waals surface area (Å²) in [6.45, 7) is 16.2. The molecule has 0 spiro atoms. The molecule has 0 aliphatic heterocycles. The summed E-state index contributed by atoms with van der Waals surface area (Å²) in [5.74, 6) is 4.59. The maximum Gasteiger partial charge on any atom is 0.0577 e. The zero-order chi connectivity index (χ0) is 21.0. The van der Waals surface area contributed by atoms with Crippen LogP contribution in [0.25, 0.3) is 0 Å². The van der Waals surface area contributed by atoms with Gasteiger partial charge in [0, 0.05) is 0 Å². The molecular formula is C28H44O. The van der Waals surface area contributed by atoms with E-state index in [2.05, 4.69) is 59.4 Å². The van der Waals surface area contributed by atoms with Crippen LogP contribution in [0.15, 0.2) is 36.0 Å². The lowest BCUT2D eigenvalue weighted by molar-refractivity contribution is -0.0540. The Bertz CT molecular complexity index is 701. The molecule has 0 radical (unpaired) electrons. The Balaban J connectivity index is 1.54. The van der Waals surface area contributed by atoms with Gasteiger partial charge in [-0.2, -0.15) is 0 Å². The van der Waals surface area contributed by atoms with Crippen molar-refractivity contribution in [1.29, 1.82) is 0 Å². The predicted molar refractivity (Wildman–Crippen MR) is 123 cm³/mol. The van der Waals surface area contributed by atoms with Gasteiger partial charge in [-0.3, -0.25) is 0 Å². The number of aliphatic hydroxyl groups excluding tert-OH is 1. The summed E-state index contributed by atoms with van der Waals surface area (Å²) in [5.41, 5.74) is 3.73. The van der Waals surface area contributed by atoms with Crippen LogP contribution in [0.2, 0.25) is 0 Å². The van der Waals surface area contributed by atoms with E-state index in [1.165, 1.54) is 44.1 Å². The van der Waals surface area contributed by atoms with E-state index >= 15 is 0 Å². The van der Waals surface area contributed by atoms with Gasteiger partial charge in [-0.1, -0.05) is 63.6 Å². The molecule has 0 saturated heterocycles. The Hall–Kier alpha value is -0.820. The Morgan fingerprint density at radius 2 is 1.86 bits per heavy atom. The summed E-state index contributed by atoms with van der Waals surface area (Å²) in [4.78, 5) is 0. The Morgan fingerprint density at radius 1 is 1.10 bits per heavy atom. The second kappa shape index (κ2) is 7.70. The first kappa shape index (κ1) is 21.4. The molecule has 4 aliphatic rings. The summed E-state index contributed by atoms with van der Waals surface area (Å²) in [7, 11) is 0. The van der Waals surface area contributed by atoms with Gasteiger partial charge in [0.15, 0.2) is 0 Å². The molecule has 0 bridgehead atoms. The highest BCUT2D eigenvalue weighted by Gasteiger charge is 2.58. The average Bonchev–Trinajstić information content (AvgIpc) is 3.03. The minimum Gasteiger partial charge on any atom is -0.393 e. The average molecular weight is 397 g/mol. The second-order valence-electron chi connectivity index (χ2n) is 11.8. The van der Waals surface area contributed by atoms with E-state index < -0.39 is 0 Å². The highest BCUT2D eigenvalue weighted by Crippen LogP contribution is 2.67. The molecule has 4 rings (SSSR count). The third-order valence-electron chi connectivity index (χ3n) is 10.3. The van der Waals surface area contributed by atoms with Gasteiger partial charge in [-0.25, -0.2) is 0 Å². The van der Waals surface area contributed by atoms with E-state index in [0.29, 0.717) is 22.7 Å². The van der Waals surface area contributed by atoms with Crippen molar-refractivity contribution in [2.24, 2.45) is 46.3 Å². The summed E-state index contributed by atoms with van der Waals surface area (Å²) >= 11 is 0. The van der Waals surface area contributed by atoms with Crippen molar-refractivity contribution in [2.75, 3.05) is 0 Å². The summed E-state index contributed by atoms with van der Waals surface area (Å²) in [5, 5.41) is 10.2. The first-order chi connectivity index (χ1) is 13.7. The SMILES string of the molecule is C=C(C)[C@@H](C)/C=C/[C@@H](C)[C@H]1CC[C@H]2[C@@H]3CC=C4C[C@@H](O)CC[C@]4(C)[C@H]3CC[C@]12C. The highest BCUT2D eigenvalue weighted by molar-refractivity contribution is 5.25. The molecule has 3 saturated carbocycles. The van der Waals surface area contributed by atoms with Crippen LogP contribution in [0.4, 0.5) is 0 Å². The van der Waals surface area contributed by atoms with Crippen LogP contribution in [0.5, 0.6) is 0 Å². The summed E-state index contributed by atoms with van der Waals surface area (Å²) in [6, 6.07) is 0. The number of fused-ring (bicyclic) bond motifs is 5. The fourth-order valence-corrected chi connectivity index (χ4v) is 8.19. The van der Waals surface area contributed by atoms with E-state index in [1.807, 2.05) is 0 Å². The summed E-state index contributed by atoms with van der Waals surface area (Å²) < 4.78 is 0. The fourth-order valence-electron chi connectivity index (χ4n) is 8.19. The van der Waals surface area contributed by atoms with Crippen LogP contribution in [0.3, 0.4) is 0 Å². The van der Waals surface area contributed by atoms with Crippen LogP contribution in [-0.4, -0.2) is 11.2 Å². The topological polar surface area (TPSA) is 20.2 Å². The van der Waals surface area contributed by atoms with E-state index in [4.69, 9.17) is 0 Å². The quantitative estimate of drug-likeness (QED) is 0.493. The molecule has 0 heterocycles. The van der Waals surface area contributed by atoms with Gasteiger partial charge in [0.25, 0.3) is 0 Å². The third kappa shape index (κ3) is 3.50. The van der Waals surface area contributed by atoms with Crippen molar-refractivity contribution >= 4 is 0 Å². The number of aliphatic hydroxyl groups is 1. The monoisotopic (exact) mass is 396 g/mol. The summed E-state index contributed by atoms with van der Waals surface area (Å²) in [6.07, 6.45) is 17.4. The van der Waals surface area contributed by atoms with E-state index in [-0.39, 0.29) is 6.10 Å². The van der Waals surface area contributed by atoms with E-state index in [9.17, 15) is 5.11 Å². The predicted octanol–water partition coefficient (Wildman–Crippen LogP) is 7.33. The minimum absolute atomic E-state index is 0.0928. The van der Waals surface area contributed by atoms with Gasteiger partial charge < -0.3 is 5.11 Å². The fraction of sp³-hybridized carbons (Fsp3) is 0.786. The minimum atomic E-state index is -0.0928. The van der Waals surface area contributed by atoms with Crippen molar-refractivity contribution < 1.29 is 5.11 Å². The molecule has 0 aromatic carbocycles. The zero-order valence-electron chi connectivity index (χ0n) is 19.6. The first-order valence-corrected chi connectivity index (χ1v) is 12.4.